The summed E-state index contributed by atoms with van der Waals surface area (Å²) in [5, 5.41) is 37.3. The Morgan fingerprint density at radius 1 is 1.35 bits per heavy atom. The first-order chi connectivity index (χ1) is 14.4. The van der Waals surface area contributed by atoms with Gasteiger partial charge in [-0.1, -0.05) is 26.3 Å². The number of nitrogens with zero attached hydrogens (tertiary/aromatic N) is 2. The van der Waals surface area contributed by atoms with Gasteiger partial charge >= 0.3 is 0 Å². The molecule has 4 aliphatic carbocycles. The van der Waals surface area contributed by atoms with E-state index in [1.807, 2.05) is 31.8 Å². The quantitative estimate of drug-likeness (QED) is 0.604. The molecule has 3 fully saturated rings. The van der Waals surface area contributed by atoms with Gasteiger partial charge in [-0.3, -0.25) is 9.48 Å². The van der Waals surface area contributed by atoms with Gasteiger partial charge in [0.25, 0.3) is 0 Å². The monoisotopic (exact) mass is 448 g/mol. The number of aliphatic hydroxyl groups is 3. The fraction of sp³-hybridized carbons (Fsp3) is 0.750. The number of aromatic nitrogens is 2. The lowest BCUT2D eigenvalue weighted by Gasteiger charge is -2.64. The summed E-state index contributed by atoms with van der Waals surface area (Å²) in [7, 11) is 1.94. The topological polar surface area (TPSA) is 95.6 Å². The van der Waals surface area contributed by atoms with Crippen molar-refractivity contribution < 1.29 is 20.1 Å². The van der Waals surface area contributed by atoms with Gasteiger partial charge in [0.15, 0.2) is 5.78 Å². The van der Waals surface area contributed by atoms with Gasteiger partial charge in [-0.25, -0.2) is 0 Å². The number of aryl methyl sites for hydroxylation is 1. The van der Waals surface area contributed by atoms with Crippen molar-refractivity contribution in [3.05, 3.63) is 23.0 Å². The molecule has 0 aliphatic heterocycles. The van der Waals surface area contributed by atoms with E-state index in [2.05, 4.69) is 18.1 Å². The van der Waals surface area contributed by atoms with Crippen LogP contribution in [0.15, 0.2) is 11.8 Å². The van der Waals surface area contributed by atoms with Gasteiger partial charge in [-0.2, -0.15) is 5.10 Å². The minimum absolute atomic E-state index is 0.00225. The molecule has 0 spiro atoms. The number of ketones is 1. The van der Waals surface area contributed by atoms with Crippen LogP contribution in [0.2, 0.25) is 0 Å². The highest BCUT2D eigenvalue weighted by atomic mass is 35.5. The normalized spacial score (nSPS) is 48.3. The molecule has 3 N–H and O–H groups in total. The lowest BCUT2D eigenvalue weighted by Crippen LogP contribution is -2.69. The van der Waals surface area contributed by atoms with E-state index < -0.39 is 39.8 Å². The molecule has 6 nitrogen and oxygen atoms in total. The van der Waals surface area contributed by atoms with Crippen LogP contribution in [0.1, 0.15) is 57.7 Å². The molecular weight excluding hydrogens is 416 g/mol. The Morgan fingerprint density at radius 2 is 2.06 bits per heavy atom. The van der Waals surface area contributed by atoms with Crippen molar-refractivity contribution >= 4 is 23.5 Å². The molecule has 8 atom stereocenters. The average molecular weight is 449 g/mol. The van der Waals surface area contributed by atoms with Crippen LogP contribution in [0.4, 0.5) is 0 Å². The molecule has 0 bridgehead atoms. The molecule has 4 aliphatic rings. The SMILES string of the molecule is C[C@H]1C[C@H]2[C@@H]3CCC4=Cc5c(cnn5C)C[C@]4(C)[C@@]3(Cl)[C@@H](O)C[C@]2(C)[C@@]1(O)C(=O)CO. The van der Waals surface area contributed by atoms with E-state index in [0.29, 0.717) is 6.42 Å². The number of hydrogen-bond donors (Lipinski definition) is 3. The van der Waals surface area contributed by atoms with Crippen molar-refractivity contribution in [1.82, 2.24) is 9.78 Å². The number of aliphatic hydroxyl groups excluding tert-OH is 2. The standard InChI is InChI=1S/C24H33ClN2O4/c1-13-7-17-16-6-5-15-8-18-14(11-26-27(18)4)9-21(15,2)23(16,25)19(29)10-22(17,3)24(13,31)20(30)12-28/h8,11,13,16-17,19,28-29,31H,5-7,9-10,12H2,1-4H3/t13-,16-,17-,19-,21-,22-,23-,24-/m0/s1. The summed E-state index contributed by atoms with van der Waals surface area (Å²) in [6.07, 6.45) is 6.54. The summed E-state index contributed by atoms with van der Waals surface area (Å²) in [5.41, 5.74) is 0.608. The number of allylic oxidation sites excluding steroid dienone is 1. The molecule has 3 saturated carbocycles. The zero-order valence-electron chi connectivity index (χ0n) is 18.7. The van der Waals surface area contributed by atoms with Gasteiger partial charge in [-0.05, 0) is 61.5 Å². The molecule has 7 heteroatoms. The first-order valence-electron chi connectivity index (χ1n) is 11.4. The van der Waals surface area contributed by atoms with E-state index in [0.717, 1.165) is 30.5 Å². The molecule has 1 aromatic rings. The highest BCUT2D eigenvalue weighted by Gasteiger charge is 2.74. The molecule has 0 radical (unpaired) electrons. The van der Waals surface area contributed by atoms with Crippen LogP contribution in [0.25, 0.3) is 6.08 Å². The minimum Gasteiger partial charge on any atom is -0.391 e. The van der Waals surface area contributed by atoms with Gasteiger partial charge in [0.1, 0.15) is 12.2 Å². The average Bonchev–Trinajstić information content (AvgIpc) is 3.17. The van der Waals surface area contributed by atoms with Crippen LogP contribution in [0.3, 0.4) is 0 Å². The number of rotatable bonds is 2. The van der Waals surface area contributed by atoms with Gasteiger partial charge in [0.05, 0.1) is 22.9 Å². The van der Waals surface area contributed by atoms with Gasteiger partial charge in [-0.15, -0.1) is 11.6 Å². The fourth-order valence-electron chi connectivity index (χ4n) is 8.24. The fourth-order valence-corrected chi connectivity index (χ4v) is 8.77. The van der Waals surface area contributed by atoms with Crippen molar-refractivity contribution in [3.63, 3.8) is 0 Å². The summed E-state index contributed by atoms with van der Waals surface area (Å²) in [6.45, 7) is 5.29. The highest BCUT2D eigenvalue weighted by Crippen LogP contribution is 2.71. The Hall–Kier alpha value is -1.21. The smallest absolute Gasteiger partial charge is 0.190 e. The molecule has 170 valence electrons. The summed E-state index contributed by atoms with van der Waals surface area (Å²) < 4.78 is 1.89. The zero-order chi connectivity index (χ0) is 22.6. The van der Waals surface area contributed by atoms with Crippen LogP contribution < -0.4 is 0 Å². The molecule has 0 saturated heterocycles. The van der Waals surface area contributed by atoms with Gasteiger partial charge in [0, 0.05) is 17.9 Å². The third kappa shape index (κ3) is 2.30. The Balaban J connectivity index is 1.62. The molecule has 5 rings (SSSR count). The number of Topliss-reactive ketones (excluding diaryl/α,β-unsaturated/α-hetero) is 1. The van der Waals surface area contributed by atoms with E-state index in [-0.39, 0.29) is 24.2 Å². The van der Waals surface area contributed by atoms with Crippen LogP contribution in [-0.2, 0) is 18.3 Å². The maximum absolute atomic E-state index is 12.8. The highest BCUT2D eigenvalue weighted by molar-refractivity contribution is 6.26. The molecule has 0 unspecified atom stereocenters. The third-order valence-electron chi connectivity index (χ3n) is 9.90. The largest absolute Gasteiger partial charge is 0.391 e. The number of halogens is 1. The van der Waals surface area contributed by atoms with Crippen molar-refractivity contribution in [2.24, 2.45) is 35.6 Å². The molecule has 1 heterocycles. The van der Waals surface area contributed by atoms with E-state index >= 15 is 0 Å². The molecule has 0 aromatic carbocycles. The Morgan fingerprint density at radius 3 is 2.74 bits per heavy atom. The van der Waals surface area contributed by atoms with Crippen molar-refractivity contribution in [1.29, 1.82) is 0 Å². The minimum atomic E-state index is -1.65. The van der Waals surface area contributed by atoms with Crippen molar-refractivity contribution in [2.75, 3.05) is 6.61 Å². The van der Waals surface area contributed by atoms with Crippen LogP contribution in [-0.4, -0.2) is 54.1 Å². The van der Waals surface area contributed by atoms with Gasteiger partial charge < -0.3 is 15.3 Å². The molecular formula is C24H33ClN2O4. The number of hydrogen-bond acceptors (Lipinski definition) is 5. The molecule has 0 amide bonds. The van der Waals surface area contributed by atoms with Crippen molar-refractivity contribution in [2.45, 2.75) is 69.5 Å². The number of carbonyl (C=O) groups excluding carboxylic acids is 1. The lowest BCUT2D eigenvalue weighted by molar-refractivity contribution is -0.181. The van der Waals surface area contributed by atoms with Gasteiger partial charge in [0.2, 0.25) is 0 Å². The predicted molar refractivity (Wildman–Crippen MR) is 117 cm³/mol. The van der Waals surface area contributed by atoms with Crippen LogP contribution in [0.5, 0.6) is 0 Å². The van der Waals surface area contributed by atoms with E-state index in [1.54, 1.807) is 0 Å². The number of alkyl halides is 1. The first kappa shape index (κ1) is 21.6. The maximum atomic E-state index is 12.8. The zero-order valence-corrected chi connectivity index (χ0v) is 19.5. The summed E-state index contributed by atoms with van der Waals surface area (Å²) >= 11 is 7.56. The summed E-state index contributed by atoms with van der Waals surface area (Å²) in [5.74, 6) is -0.877. The maximum Gasteiger partial charge on any atom is 0.190 e. The first-order valence-corrected chi connectivity index (χ1v) is 11.8. The van der Waals surface area contributed by atoms with E-state index in [1.165, 1.54) is 5.57 Å². The second kappa shape index (κ2) is 6.43. The van der Waals surface area contributed by atoms with E-state index in [4.69, 9.17) is 11.6 Å². The second-order valence-corrected chi connectivity index (χ2v) is 11.6. The van der Waals surface area contributed by atoms with Crippen LogP contribution >= 0.6 is 11.6 Å². The number of carbonyl (C=O) groups is 1. The van der Waals surface area contributed by atoms with Crippen molar-refractivity contribution in [3.8, 4) is 0 Å². The molecule has 31 heavy (non-hydrogen) atoms. The molecule has 1 aromatic heterocycles. The van der Waals surface area contributed by atoms with Crippen LogP contribution in [0, 0.1) is 28.6 Å². The lowest BCUT2D eigenvalue weighted by atomic mass is 9.44. The Bertz CT molecular complexity index is 990. The second-order valence-electron chi connectivity index (χ2n) is 11.0. The Kier molecular flexibility index (Phi) is 4.49. The predicted octanol–water partition coefficient (Wildman–Crippen LogP) is 2.47. The summed E-state index contributed by atoms with van der Waals surface area (Å²) in [4.78, 5) is 11.9. The van der Waals surface area contributed by atoms with E-state index in [9.17, 15) is 20.1 Å². The number of fused-ring (bicyclic) bond motifs is 6. The Labute approximate surface area is 188 Å². The third-order valence-corrected chi connectivity index (χ3v) is 10.9. The summed E-state index contributed by atoms with van der Waals surface area (Å²) in [6, 6.07) is 0.